The summed E-state index contributed by atoms with van der Waals surface area (Å²) < 4.78 is 4.16. The van der Waals surface area contributed by atoms with Crippen molar-refractivity contribution in [1.29, 1.82) is 0 Å². The average Bonchev–Trinajstić information content (AvgIpc) is 3.24. The Morgan fingerprint density at radius 2 is 1.85 bits per heavy atom. The van der Waals surface area contributed by atoms with Crippen LogP contribution in [0.15, 0.2) is 49.2 Å². The molecular weight excluding hydrogens is 322 g/mol. The van der Waals surface area contributed by atoms with Crippen molar-refractivity contribution in [2.24, 2.45) is 0 Å². The molecule has 0 spiro atoms. The van der Waals surface area contributed by atoms with Gasteiger partial charge in [0.15, 0.2) is 5.65 Å². The number of nitrogens with one attached hydrogen (secondary N) is 1. The van der Waals surface area contributed by atoms with Crippen molar-refractivity contribution in [1.82, 2.24) is 18.9 Å². The van der Waals surface area contributed by atoms with Crippen LogP contribution < -0.4 is 5.32 Å². The van der Waals surface area contributed by atoms with E-state index in [4.69, 9.17) is 4.98 Å². The molecule has 132 valence electrons. The first-order chi connectivity index (χ1) is 12.5. The predicted octanol–water partition coefficient (Wildman–Crippen LogP) is 4.37. The number of anilines is 1. The Morgan fingerprint density at radius 3 is 2.54 bits per heavy atom. The van der Waals surface area contributed by atoms with Crippen LogP contribution in [0.5, 0.6) is 0 Å². The molecule has 3 aromatic heterocycles. The number of nitrogens with zero attached hydrogens (tertiary/aromatic N) is 4. The average molecular weight is 345 g/mol. The molecule has 1 aromatic carbocycles. The highest BCUT2D eigenvalue weighted by Crippen LogP contribution is 2.25. The Morgan fingerprint density at radius 1 is 1.08 bits per heavy atom. The molecule has 0 fully saturated rings. The summed E-state index contributed by atoms with van der Waals surface area (Å²) in [6.45, 7) is 9.24. The lowest BCUT2D eigenvalue weighted by Gasteiger charge is -2.14. The highest BCUT2D eigenvalue weighted by molar-refractivity contribution is 5.71. The summed E-state index contributed by atoms with van der Waals surface area (Å²) in [5, 5.41) is 3.61. The van der Waals surface area contributed by atoms with E-state index in [9.17, 15) is 0 Å². The number of pyridine rings is 1. The molecule has 0 saturated carbocycles. The van der Waals surface area contributed by atoms with E-state index >= 15 is 0 Å². The molecule has 0 radical (unpaired) electrons. The van der Waals surface area contributed by atoms with Crippen LogP contribution in [0, 0.1) is 27.7 Å². The number of hydrogen-bond donors (Lipinski definition) is 1. The minimum absolute atomic E-state index is 0.770. The molecule has 4 rings (SSSR count). The van der Waals surface area contributed by atoms with Gasteiger partial charge in [0, 0.05) is 30.8 Å². The molecule has 0 saturated heterocycles. The fraction of sp³-hybridized carbons (Fsp3) is 0.238. The van der Waals surface area contributed by atoms with Crippen LogP contribution in [0.25, 0.3) is 11.3 Å². The normalized spacial score (nSPS) is 11.2. The molecule has 3 heterocycles. The molecule has 1 N–H and O–H groups in total. The van der Waals surface area contributed by atoms with Crippen molar-refractivity contribution in [3.8, 4) is 5.69 Å². The molecule has 0 unspecified atom stereocenters. The number of aromatic nitrogens is 4. The van der Waals surface area contributed by atoms with Crippen molar-refractivity contribution in [2.75, 3.05) is 5.32 Å². The Balaban J connectivity index is 1.79. The van der Waals surface area contributed by atoms with Crippen LogP contribution in [0.4, 0.5) is 5.69 Å². The zero-order valence-electron chi connectivity index (χ0n) is 15.6. The maximum absolute atomic E-state index is 4.77. The maximum atomic E-state index is 4.77. The van der Waals surface area contributed by atoms with Crippen molar-refractivity contribution in [2.45, 2.75) is 34.2 Å². The summed E-state index contributed by atoms with van der Waals surface area (Å²) in [6, 6.07) is 8.56. The molecule has 0 aliphatic heterocycles. The van der Waals surface area contributed by atoms with E-state index in [2.05, 4.69) is 72.9 Å². The number of rotatable bonds is 4. The second kappa shape index (κ2) is 6.33. The van der Waals surface area contributed by atoms with Gasteiger partial charge in [-0.3, -0.25) is 0 Å². The second-order valence-electron chi connectivity index (χ2n) is 6.78. The third kappa shape index (κ3) is 2.75. The molecule has 0 bridgehead atoms. The summed E-state index contributed by atoms with van der Waals surface area (Å²) in [5.74, 6) is 0. The SMILES string of the molecule is Cc1cccc(C)c1CNc1cc(-n2ccnc2)cn2c(C)c(C)nc12. The van der Waals surface area contributed by atoms with Gasteiger partial charge in [0.2, 0.25) is 0 Å². The number of hydrogen-bond acceptors (Lipinski definition) is 3. The van der Waals surface area contributed by atoms with Crippen LogP contribution in [0.1, 0.15) is 28.1 Å². The van der Waals surface area contributed by atoms with E-state index in [0.717, 1.165) is 35.0 Å². The van der Waals surface area contributed by atoms with Gasteiger partial charge in [-0.1, -0.05) is 18.2 Å². The monoisotopic (exact) mass is 345 g/mol. The zero-order valence-corrected chi connectivity index (χ0v) is 15.6. The Hall–Kier alpha value is -3.08. The molecule has 26 heavy (non-hydrogen) atoms. The lowest BCUT2D eigenvalue weighted by molar-refractivity contribution is 1.000. The zero-order chi connectivity index (χ0) is 18.3. The minimum atomic E-state index is 0.770. The highest BCUT2D eigenvalue weighted by atomic mass is 15.1. The lowest BCUT2D eigenvalue weighted by atomic mass is 10.0. The first-order valence-electron chi connectivity index (χ1n) is 8.81. The van der Waals surface area contributed by atoms with Gasteiger partial charge in [-0.15, -0.1) is 0 Å². The standard InChI is InChI=1S/C21H23N5/c1-14-6-5-7-15(2)19(14)11-23-20-10-18(25-9-8-22-13-25)12-26-17(4)16(3)24-21(20)26/h5-10,12-13,23H,11H2,1-4H3. The summed E-state index contributed by atoms with van der Waals surface area (Å²) in [6.07, 6.45) is 7.67. The molecule has 0 atom stereocenters. The van der Waals surface area contributed by atoms with Crippen LogP contribution in [-0.4, -0.2) is 18.9 Å². The third-order valence-corrected chi connectivity index (χ3v) is 5.08. The first kappa shape index (κ1) is 16.4. The fourth-order valence-electron chi connectivity index (χ4n) is 3.35. The maximum Gasteiger partial charge on any atom is 0.160 e. The van der Waals surface area contributed by atoms with E-state index in [0.29, 0.717) is 0 Å². The van der Waals surface area contributed by atoms with Gasteiger partial charge in [0.1, 0.15) is 0 Å². The van der Waals surface area contributed by atoms with E-state index in [1.165, 1.54) is 16.7 Å². The smallest absolute Gasteiger partial charge is 0.160 e. The number of benzene rings is 1. The topological polar surface area (TPSA) is 47.2 Å². The van der Waals surface area contributed by atoms with Gasteiger partial charge in [0.25, 0.3) is 0 Å². The lowest BCUT2D eigenvalue weighted by Crippen LogP contribution is -2.06. The van der Waals surface area contributed by atoms with E-state index in [1.807, 2.05) is 17.1 Å². The largest absolute Gasteiger partial charge is 0.378 e. The van der Waals surface area contributed by atoms with Gasteiger partial charge < -0.3 is 14.3 Å². The Kier molecular flexibility index (Phi) is 3.99. The van der Waals surface area contributed by atoms with Crippen LogP contribution >= 0.6 is 0 Å². The van der Waals surface area contributed by atoms with E-state index < -0.39 is 0 Å². The van der Waals surface area contributed by atoms with Crippen LogP contribution in [-0.2, 0) is 6.54 Å². The highest BCUT2D eigenvalue weighted by Gasteiger charge is 2.12. The summed E-state index contributed by atoms with van der Waals surface area (Å²) >= 11 is 0. The summed E-state index contributed by atoms with van der Waals surface area (Å²) in [7, 11) is 0. The van der Waals surface area contributed by atoms with E-state index in [1.54, 1.807) is 6.20 Å². The van der Waals surface area contributed by atoms with Crippen molar-refractivity contribution in [3.63, 3.8) is 0 Å². The minimum Gasteiger partial charge on any atom is -0.378 e. The molecular formula is C21H23N5. The third-order valence-electron chi connectivity index (χ3n) is 5.08. The van der Waals surface area contributed by atoms with Crippen molar-refractivity contribution < 1.29 is 0 Å². The molecule has 5 nitrogen and oxygen atoms in total. The quantitative estimate of drug-likeness (QED) is 0.597. The fourth-order valence-corrected chi connectivity index (χ4v) is 3.35. The van der Waals surface area contributed by atoms with Crippen LogP contribution in [0.2, 0.25) is 0 Å². The molecule has 0 aliphatic carbocycles. The van der Waals surface area contributed by atoms with Gasteiger partial charge in [-0.2, -0.15) is 0 Å². The van der Waals surface area contributed by atoms with E-state index in [-0.39, 0.29) is 0 Å². The first-order valence-corrected chi connectivity index (χ1v) is 8.81. The molecule has 0 aliphatic rings. The van der Waals surface area contributed by atoms with Gasteiger partial charge in [0.05, 0.1) is 23.4 Å². The summed E-state index contributed by atoms with van der Waals surface area (Å²) in [5.41, 5.74) is 9.16. The van der Waals surface area contributed by atoms with Gasteiger partial charge in [-0.05, 0) is 50.5 Å². The Bertz CT molecular complexity index is 1050. The predicted molar refractivity (Wildman–Crippen MR) is 105 cm³/mol. The number of aryl methyl sites for hydroxylation is 4. The summed E-state index contributed by atoms with van der Waals surface area (Å²) in [4.78, 5) is 8.94. The number of imidazole rings is 2. The molecule has 0 amide bonds. The number of fused-ring (bicyclic) bond motifs is 1. The molecule has 5 heteroatoms. The van der Waals surface area contributed by atoms with Gasteiger partial charge in [-0.25, -0.2) is 9.97 Å². The second-order valence-corrected chi connectivity index (χ2v) is 6.78. The van der Waals surface area contributed by atoms with Crippen molar-refractivity contribution >= 4 is 11.3 Å². The van der Waals surface area contributed by atoms with Crippen molar-refractivity contribution in [3.05, 3.63) is 77.3 Å². The van der Waals surface area contributed by atoms with Gasteiger partial charge >= 0.3 is 0 Å². The molecule has 4 aromatic rings. The Labute approximate surface area is 153 Å². The van der Waals surface area contributed by atoms with Crippen LogP contribution in [0.3, 0.4) is 0 Å².